The summed E-state index contributed by atoms with van der Waals surface area (Å²) in [4.78, 5) is 23.7. The molecule has 8 nitrogen and oxygen atoms in total. The van der Waals surface area contributed by atoms with Crippen LogP contribution in [0.25, 0.3) is 0 Å². The van der Waals surface area contributed by atoms with Crippen molar-refractivity contribution in [3.8, 4) is 0 Å². The maximum Gasteiger partial charge on any atom is 0.309 e. The SMILES string of the molecule is COCCNC(=O)C(=O)NCC[C@@H]1CCCCN1S(=O)(=O)c1ccccc1. The fraction of sp³-hybridized carbons (Fsp3) is 0.556. The van der Waals surface area contributed by atoms with E-state index < -0.39 is 21.8 Å². The Balaban J connectivity index is 1.90. The second kappa shape index (κ2) is 10.4. The average molecular weight is 397 g/mol. The molecule has 1 heterocycles. The number of sulfonamides is 1. The van der Waals surface area contributed by atoms with Gasteiger partial charge in [0.1, 0.15) is 0 Å². The largest absolute Gasteiger partial charge is 0.383 e. The van der Waals surface area contributed by atoms with Crippen LogP contribution in [0, 0.1) is 0 Å². The molecule has 9 heteroatoms. The van der Waals surface area contributed by atoms with Gasteiger partial charge in [-0.25, -0.2) is 8.42 Å². The lowest BCUT2D eigenvalue weighted by atomic mass is 10.0. The standard InChI is InChI=1S/C18H27N3O5S/c1-26-14-12-20-18(23)17(22)19-11-10-15-7-5-6-13-21(15)27(24,25)16-8-3-2-4-9-16/h2-4,8-9,15H,5-7,10-14H2,1H3,(H,19,22)(H,20,23)/t15-/m0/s1. The van der Waals surface area contributed by atoms with E-state index in [0.29, 0.717) is 19.6 Å². The first kappa shape index (κ1) is 21.3. The second-order valence-electron chi connectivity index (χ2n) is 6.37. The van der Waals surface area contributed by atoms with Crippen LogP contribution in [0.4, 0.5) is 0 Å². The summed E-state index contributed by atoms with van der Waals surface area (Å²) in [6.07, 6.45) is 2.96. The van der Waals surface area contributed by atoms with Crippen LogP contribution in [0.3, 0.4) is 0 Å². The summed E-state index contributed by atoms with van der Waals surface area (Å²) in [5.41, 5.74) is 0. The number of ether oxygens (including phenoxy) is 1. The van der Waals surface area contributed by atoms with E-state index in [9.17, 15) is 18.0 Å². The van der Waals surface area contributed by atoms with Gasteiger partial charge >= 0.3 is 11.8 Å². The molecule has 0 saturated carbocycles. The van der Waals surface area contributed by atoms with Gasteiger partial charge in [0.2, 0.25) is 10.0 Å². The molecule has 0 bridgehead atoms. The van der Waals surface area contributed by atoms with Gasteiger partial charge in [-0.05, 0) is 31.4 Å². The van der Waals surface area contributed by atoms with Crippen molar-refractivity contribution in [3.63, 3.8) is 0 Å². The van der Waals surface area contributed by atoms with E-state index in [1.807, 2.05) is 0 Å². The van der Waals surface area contributed by atoms with Gasteiger partial charge in [-0.2, -0.15) is 4.31 Å². The van der Waals surface area contributed by atoms with Gasteiger partial charge in [0.15, 0.2) is 0 Å². The summed E-state index contributed by atoms with van der Waals surface area (Å²) in [6, 6.07) is 8.17. The quantitative estimate of drug-likeness (QED) is 0.491. The van der Waals surface area contributed by atoms with Gasteiger partial charge in [0, 0.05) is 32.8 Å². The number of hydrogen-bond acceptors (Lipinski definition) is 5. The van der Waals surface area contributed by atoms with Crippen molar-refractivity contribution < 1.29 is 22.7 Å². The van der Waals surface area contributed by atoms with Crippen molar-refractivity contribution in [3.05, 3.63) is 30.3 Å². The molecule has 150 valence electrons. The monoisotopic (exact) mass is 397 g/mol. The number of methoxy groups -OCH3 is 1. The Bertz CT molecular complexity index is 724. The van der Waals surface area contributed by atoms with Gasteiger partial charge in [-0.1, -0.05) is 24.6 Å². The Morgan fingerprint density at radius 1 is 1.11 bits per heavy atom. The van der Waals surface area contributed by atoms with Gasteiger partial charge in [0.25, 0.3) is 0 Å². The number of carbonyl (C=O) groups excluding carboxylic acids is 2. The molecule has 1 aromatic carbocycles. The van der Waals surface area contributed by atoms with Crippen LogP contribution in [0.1, 0.15) is 25.7 Å². The smallest absolute Gasteiger partial charge is 0.309 e. The Kier molecular flexibility index (Phi) is 8.21. The predicted octanol–water partition coefficient (Wildman–Crippen LogP) is 0.499. The molecule has 1 atom stereocenters. The number of rotatable bonds is 8. The molecule has 2 amide bonds. The molecule has 0 spiro atoms. The molecule has 2 rings (SSSR count). The highest BCUT2D eigenvalue weighted by atomic mass is 32.2. The topological polar surface area (TPSA) is 105 Å². The number of hydrogen-bond donors (Lipinski definition) is 2. The molecule has 27 heavy (non-hydrogen) atoms. The zero-order valence-electron chi connectivity index (χ0n) is 15.5. The number of carbonyl (C=O) groups is 2. The summed E-state index contributed by atoms with van der Waals surface area (Å²) >= 11 is 0. The number of benzene rings is 1. The van der Waals surface area contributed by atoms with Crippen molar-refractivity contribution in [2.45, 2.75) is 36.6 Å². The van der Waals surface area contributed by atoms with Crippen LogP contribution in [0.5, 0.6) is 0 Å². The van der Waals surface area contributed by atoms with Crippen LogP contribution in [0.15, 0.2) is 35.2 Å². The minimum Gasteiger partial charge on any atom is -0.383 e. The van der Waals surface area contributed by atoms with E-state index in [1.165, 1.54) is 11.4 Å². The molecule has 1 aliphatic heterocycles. The van der Waals surface area contributed by atoms with Crippen LogP contribution < -0.4 is 10.6 Å². The molecule has 1 aliphatic rings. The first-order chi connectivity index (χ1) is 13.0. The Labute approximate surface area is 160 Å². The maximum atomic E-state index is 12.9. The lowest BCUT2D eigenvalue weighted by Gasteiger charge is -2.34. The zero-order chi connectivity index (χ0) is 19.7. The molecule has 1 aromatic rings. The summed E-state index contributed by atoms with van der Waals surface area (Å²) < 4.78 is 32.2. The van der Waals surface area contributed by atoms with E-state index in [1.54, 1.807) is 30.3 Å². The molecule has 2 N–H and O–H groups in total. The highest BCUT2D eigenvalue weighted by molar-refractivity contribution is 7.89. The minimum atomic E-state index is -3.57. The van der Waals surface area contributed by atoms with Crippen molar-refractivity contribution in [2.24, 2.45) is 0 Å². The van der Waals surface area contributed by atoms with Crippen LogP contribution >= 0.6 is 0 Å². The third kappa shape index (κ3) is 6.02. The molecule has 0 unspecified atom stereocenters. The van der Waals surface area contributed by atoms with E-state index in [0.717, 1.165) is 19.3 Å². The molecule has 0 aliphatic carbocycles. The lowest BCUT2D eigenvalue weighted by molar-refractivity contribution is -0.139. The van der Waals surface area contributed by atoms with Crippen molar-refractivity contribution in [1.82, 2.24) is 14.9 Å². The fourth-order valence-electron chi connectivity index (χ4n) is 3.09. The molecule has 1 saturated heterocycles. The van der Waals surface area contributed by atoms with Crippen molar-refractivity contribution in [2.75, 3.05) is 33.4 Å². The number of nitrogens with zero attached hydrogens (tertiary/aromatic N) is 1. The minimum absolute atomic E-state index is 0.194. The van der Waals surface area contributed by atoms with E-state index >= 15 is 0 Å². The second-order valence-corrected chi connectivity index (χ2v) is 8.26. The van der Waals surface area contributed by atoms with Gasteiger partial charge in [-0.15, -0.1) is 0 Å². The number of amides is 2. The number of nitrogens with one attached hydrogen (secondary N) is 2. The van der Waals surface area contributed by atoms with E-state index in [2.05, 4.69) is 10.6 Å². The first-order valence-corrected chi connectivity index (χ1v) is 10.5. The summed E-state index contributed by atoms with van der Waals surface area (Å²) in [7, 11) is -2.06. The van der Waals surface area contributed by atoms with Crippen molar-refractivity contribution >= 4 is 21.8 Å². The van der Waals surface area contributed by atoms with Crippen LogP contribution in [-0.2, 0) is 24.3 Å². The third-order valence-corrected chi connectivity index (χ3v) is 6.45. The Hall–Kier alpha value is -1.97. The predicted molar refractivity (Wildman–Crippen MR) is 100 cm³/mol. The van der Waals surface area contributed by atoms with Crippen LogP contribution in [-0.4, -0.2) is 63.9 Å². The average Bonchev–Trinajstić information content (AvgIpc) is 2.69. The molecule has 0 aromatic heterocycles. The van der Waals surface area contributed by atoms with Crippen molar-refractivity contribution in [1.29, 1.82) is 0 Å². The lowest BCUT2D eigenvalue weighted by Crippen LogP contribution is -2.46. The first-order valence-electron chi connectivity index (χ1n) is 9.08. The summed E-state index contributed by atoms with van der Waals surface area (Å²) in [6.45, 7) is 1.29. The molecular weight excluding hydrogens is 370 g/mol. The summed E-state index contributed by atoms with van der Waals surface area (Å²) in [5, 5.41) is 5.00. The highest BCUT2D eigenvalue weighted by Crippen LogP contribution is 2.26. The zero-order valence-corrected chi connectivity index (χ0v) is 16.3. The Morgan fingerprint density at radius 2 is 1.78 bits per heavy atom. The molecule has 1 fully saturated rings. The van der Waals surface area contributed by atoms with Gasteiger partial charge < -0.3 is 15.4 Å². The van der Waals surface area contributed by atoms with E-state index in [4.69, 9.17) is 4.74 Å². The number of piperidine rings is 1. The fourth-order valence-corrected chi connectivity index (χ4v) is 4.83. The maximum absolute atomic E-state index is 12.9. The third-order valence-electron chi connectivity index (χ3n) is 4.48. The Morgan fingerprint density at radius 3 is 2.44 bits per heavy atom. The highest BCUT2D eigenvalue weighted by Gasteiger charge is 2.33. The molecular formula is C18H27N3O5S. The van der Waals surface area contributed by atoms with Crippen LogP contribution in [0.2, 0.25) is 0 Å². The molecule has 0 radical (unpaired) electrons. The normalized spacial score (nSPS) is 18.0. The van der Waals surface area contributed by atoms with Gasteiger partial charge in [0.05, 0.1) is 11.5 Å². The summed E-state index contributed by atoms with van der Waals surface area (Å²) in [5.74, 6) is -1.44. The van der Waals surface area contributed by atoms with E-state index in [-0.39, 0.29) is 24.0 Å². The van der Waals surface area contributed by atoms with Gasteiger partial charge in [-0.3, -0.25) is 9.59 Å².